The number of carbonyl (C=O) groups excluding carboxylic acids is 3. The predicted octanol–water partition coefficient (Wildman–Crippen LogP) is 5.37. The maximum Gasteiger partial charge on any atom is 0.354 e. The Morgan fingerprint density at radius 1 is 1.12 bits per heavy atom. The van der Waals surface area contributed by atoms with Crippen molar-refractivity contribution in [2.24, 2.45) is 5.92 Å². The van der Waals surface area contributed by atoms with E-state index in [2.05, 4.69) is 4.98 Å². The molecule has 1 fully saturated rings. The van der Waals surface area contributed by atoms with E-state index in [1.54, 1.807) is 49.9 Å². The van der Waals surface area contributed by atoms with Crippen molar-refractivity contribution in [3.63, 3.8) is 0 Å². The maximum absolute atomic E-state index is 13.6. The largest absolute Gasteiger partial charge is 0.464 e. The van der Waals surface area contributed by atoms with E-state index in [0.29, 0.717) is 39.9 Å². The highest BCUT2D eigenvalue weighted by Gasteiger charge is 2.33. The van der Waals surface area contributed by atoms with Gasteiger partial charge in [-0.25, -0.2) is 4.79 Å². The number of esters is 1. The third kappa shape index (κ3) is 5.07. The van der Waals surface area contributed by atoms with Crippen molar-refractivity contribution in [2.45, 2.75) is 58.9 Å². The number of halogens is 1. The second-order valence-corrected chi connectivity index (χ2v) is 9.06. The SMILES string of the molecule is COC(=O)c1[nH]c(C)c(C(=O)[C@@H](C)N(CC2CCCCC2)C(=O)c2ccc(Cl)cc2)c1C. The minimum atomic E-state index is -0.682. The third-order valence-corrected chi connectivity index (χ3v) is 6.70. The standard InChI is InChI=1S/C25H31ClN2O4/c1-15-21(16(2)27-22(15)25(31)32-4)23(29)17(3)28(14-18-8-6-5-7-9-18)24(30)19-10-12-20(26)13-11-19/h10-13,17-18,27H,5-9,14H2,1-4H3/t17-/m1/s1. The van der Waals surface area contributed by atoms with Gasteiger partial charge in [-0.1, -0.05) is 30.9 Å². The Balaban J connectivity index is 1.93. The van der Waals surface area contributed by atoms with Gasteiger partial charge in [-0.15, -0.1) is 0 Å². The van der Waals surface area contributed by atoms with Gasteiger partial charge in [0.1, 0.15) is 5.69 Å². The molecule has 1 atom stereocenters. The molecule has 1 aromatic carbocycles. The molecule has 1 heterocycles. The number of benzene rings is 1. The average Bonchev–Trinajstić information content (AvgIpc) is 3.10. The van der Waals surface area contributed by atoms with Crippen LogP contribution in [0.2, 0.25) is 5.02 Å². The Morgan fingerprint density at radius 2 is 1.75 bits per heavy atom. The van der Waals surface area contributed by atoms with E-state index in [0.717, 1.165) is 25.7 Å². The van der Waals surface area contributed by atoms with Crippen LogP contribution in [0.4, 0.5) is 0 Å². The molecule has 0 radical (unpaired) electrons. The zero-order valence-electron chi connectivity index (χ0n) is 19.2. The van der Waals surface area contributed by atoms with Gasteiger partial charge in [0.2, 0.25) is 0 Å². The van der Waals surface area contributed by atoms with E-state index in [1.807, 2.05) is 0 Å². The molecule has 2 aromatic rings. The van der Waals surface area contributed by atoms with Gasteiger partial charge in [0, 0.05) is 28.4 Å². The van der Waals surface area contributed by atoms with Crippen molar-refractivity contribution < 1.29 is 19.1 Å². The van der Waals surface area contributed by atoms with Crippen LogP contribution >= 0.6 is 11.6 Å². The number of nitrogens with zero attached hydrogens (tertiary/aromatic N) is 1. The summed E-state index contributed by atoms with van der Waals surface area (Å²) in [6.07, 6.45) is 5.62. The first-order chi connectivity index (χ1) is 15.2. The Morgan fingerprint density at radius 3 is 2.34 bits per heavy atom. The lowest BCUT2D eigenvalue weighted by Gasteiger charge is -2.33. The van der Waals surface area contributed by atoms with Crippen LogP contribution in [0.1, 0.15) is 81.5 Å². The normalized spacial score (nSPS) is 15.3. The number of Topliss-reactive ketones (excluding diaryl/α,β-unsaturated/α-hetero) is 1. The number of aromatic amines is 1. The van der Waals surface area contributed by atoms with Crippen molar-refractivity contribution in [3.05, 3.63) is 57.4 Å². The minimum Gasteiger partial charge on any atom is -0.464 e. The summed E-state index contributed by atoms with van der Waals surface area (Å²) in [5.74, 6) is -0.528. The summed E-state index contributed by atoms with van der Waals surface area (Å²) in [5, 5.41) is 0.554. The van der Waals surface area contributed by atoms with Gasteiger partial charge in [-0.05, 0) is 69.4 Å². The second-order valence-electron chi connectivity index (χ2n) is 8.63. The second kappa shape index (κ2) is 10.3. The van der Waals surface area contributed by atoms with Gasteiger partial charge in [0.15, 0.2) is 5.78 Å². The predicted molar refractivity (Wildman–Crippen MR) is 124 cm³/mol. The molecular weight excluding hydrogens is 428 g/mol. The summed E-state index contributed by atoms with van der Waals surface area (Å²) >= 11 is 6.00. The Kier molecular flexibility index (Phi) is 7.77. The summed E-state index contributed by atoms with van der Waals surface area (Å²) in [6.45, 7) is 5.78. The highest BCUT2D eigenvalue weighted by molar-refractivity contribution is 6.30. The fourth-order valence-corrected chi connectivity index (χ4v) is 4.73. The highest BCUT2D eigenvalue weighted by Crippen LogP contribution is 2.28. The zero-order valence-corrected chi connectivity index (χ0v) is 19.9. The summed E-state index contributed by atoms with van der Waals surface area (Å²) in [4.78, 5) is 43.8. The zero-order chi connectivity index (χ0) is 23.4. The molecule has 0 aliphatic heterocycles. The topological polar surface area (TPSA) is 79.5 Å². The molecule has 1 N–H and O–H groups in total. The van der Waals surface area contributed by atoms with Gasteiger partial charge in [0.05, 0.1) is 13.2 Å². The van der Waals surface area contributed by atoms with Crippen LogP contribution < -0.4 is 0 Å². The number of hydrogen-bond donors (Lipinski definition) is 1. The summed E-state index contributed by atoms with van der Waals surface area (Å²) < 4.78 is 4.82. The van der Waals surface area contributed by atoms with Gasteiger partial charge < -0.3 is 14.6 Å². The van der Waals surface area contributed by atoms with Crippen LogP contribution in [-0.2, 0) is 4.74 Å². The molecule has 1 aliphatic carbocycles. The van der Waals surface area contributed by atoms with E-state index >= 15 is 0 Å². The summed E-state index contributed by atoms with van der Waals surface area (Å²) in [5.41, 5.74) is 2.35. The number of rotatable bonds is 7. The molecule has 172 valence electrons. The van der Waals surface area contributed by atoms with Gasteiger partial charge in [-0.3, -0.25) is 9.59 Å². The number of methoxy groups -OCH3 is 1. The van der Waals surface area contributed by atoms with Crippen molar-refractivity contribution in [1.82, 2.24) is 9.88 Å². The Hall–Kier alpha value is -2.60. The molecule has 3 rings (SSSR count). The summed E-state index contributed by atoms with van der Waals surface area (Å²) in [7, 11) is 1.30. The average molecular weight is 459 g/mol. The Labute approximate surface area is 194 Å². The monoisotopic (exact) mass is 458 g/mol. The number of aromatic nitrogens is 1. The number of carbonyl (C=O) groups is 3. The first-order valence-electron chi connectivity index (χ1n) is 11.1. The van der Waals surface area contributed by atoms with Crippen LogP contribution in [0.5, 0.6) is 0 Å². The number of ketones is 1. The number of nitrogens with one attached hydrogen (secondary N) is 1. The molecule has 0 unspecified atom stereocenters. The van der Waals surface area contributed by atoms with E-state index in [-0.39, 0.29) is 17.4 Å². The van der Waals surface area contributed by atoms with Crippen molar-refractivity contribution in [2.75, 3.05) is 13.7 Å². The first kappa shape index (κ1) is 24.1. The molecule has 0 spiro atoms. The number of aryl methyl sites for hydroxylation is 1. The van der Waals surface area contributed by atoms with Gasteiger partial charge in [0.25, 0.3) is 5.91 Å². The van der Waals surface area contributed by atoms with E-state index in [4.69, 9.17) is 16.3 Å². The quantitative estimate of drug-likeness (QED) is 0.447. The fraction of sp³-hybridized carbons (Fsp3) is 0.480. The maximum atomic E-state index is 13.6. The minimum absolute atomic E-state index is 0.188. The van der Waals surface area contributed by atoms with Crippen LogP contribution in [0.15, 0.2) is 24.3 Å². The smallest absolute Gasteiger partial charge is 0.354 e. The summed E-state index contributed by atoms with van der Waals surface area (Å²) in [6, 6.07) is 6.07. The number of H-pyrrole nitrogens is 1. The van der Waals surface area contributed by atoms with Crippen LogP contribution in [0.3, 0.4) is 0 Å². The number of hydrogen-bond acceptors (Lipinski definition) is 4. The molecule has 0 bridgehead atoms. The molecule has 0 saturated heterocycles. The lowest BCUT2D eigenvalue weighted by molar-refractivity contribution is 0.0577. The first-order valence-corrected chi connectivity index (χ1v) is 11.5. The van der Waals surface area contributed by atoms with E-state index in [1.165, 1.54) is 13.5 Å². The van der Waals surface area contributed by atoms with Crippen LogP contribution in [0, 0.1) is 19.8 Å². The van der Waals surface area contributed by atoms with Crippen molar-refractivity contribution >= 4 is 29.3 Å². The molecule has 1 saturated carbocycles. The molecular formula is C25H31ClN2O4. The molecule has 6 nitrogen and oxygen atoms in total. The molecule has 1 amide bonds. The lowest BCUT2D eigenvalue weighted by atomic mass is 9.88. The highest BCUT2D eigenvalue weighted by atomic mass is 35.5. The molecule has 1 aromatic heterocycles. The number of ether oxygens (including phenoxy) is 1. The van der Waals surface area contributed by atoms with E-state index < -0.39 is 12.0 Å². The Bertz CT molecular complexity index is 990. The molecule has 7 heteroatoms. The van der Waals surface area contributed by atoms with Gasteiger partial charge >= 0.3 is 5.97 Å². The van der Waals surface area contributed by atoms with Crippen molar-refractivity contribution in [3.8, 4) is 0 Å². The van der Waals surface area contributed by atoms with Crippen LogP contribution in [0.25, 0.3) is 0 Å². The van der Waals surface area contributed by atoms with Crippen LogP contribution in [-0.4, -0.2) is 47.2 Å². The number of amides is 1. The van der Waals surface area contributed by atoms with Crippen molar-refractivity contribution in [1.29, 1.82) is 0 Å². The fourth-order valence-electron chi connectivity index (χ4n) is 4.60. The van der Waals surface area contributed by atoms with E-state index in [9.17, 15) is 14.4 Å². The molecule has 32 heavy (non-hydrogen) atoms. The third-order valence-electron chi connectivity index (χ3n) is 6.45. The molecule has 1 aliphatic rings. The lowest BCUT2D eigenvalue weighted by Crippen LogP contribution is -2.46. The van der Waals surface area contributed by atoms with Gasteiger partial charge in [-0.2, -0.15) is 0 Å².